The number of benzene rings is 2. The van der Waals surface area contributed by atoms with Crippen LogP contribution in [0.4, 0.5) is 5.69 Å². The van der Waals surface area contributed by atoms with Gasteiger partial charge in [-0.1, -0.05) is 48.5 Å². The van der Waals surface area contributed by atoms with Gasteiger partial charge in [0.25, 0.3) is 0 Å². The van der Waals surface area contributed by atoms with Gasteiger partial charge in [0.05, 0.1) is 12.2 Å². The van der Waals surface area contributed by atoms with E-state index in [0.717, 1.165) is 29.4 Å². The average Bonchev–Trinajstić information content (AvgIpc) is 3.10. The summed E-state index contributed by atoms with van der Waals surface area (Å²) in [4.78, 5) is 15.9. The number of thioether (sulfide) groups is 1. The van der Waals surface area contributed by atoms with Crippen molar-refractivity contribution in [2.75, 3.05) is 37.2 Å². The number of para-hydroxylation sites is 1. The summed E-state index contributed by atoms with van der Waals surface area (Å²) in [5, 5.41) is 3.07. The Morgan fingerprint density at radius 1 is 1.19 bits per heavy atom. The van der Waals surface area contributed by atoms with E-state index in [9.17, 15) is 4.79 Å². The maximum absolute atomic E-state index is 12.6. The second-order valence-corrected chi connectivity index (χ2v) is 7.91. The van der Waals surface area contributed by atoms with Crippen molar-refractivity contribution in [2.24, 2.45) is 11.7 Å². The second kappa shape index (κ2) is 9.74. The molecule has 142 valence electrons. The number of hydrogen-bond donors (Lipinski definition) is 2. The average molecular weight is 382 g/mol. The van der Waals surface area contributed by atoms with Crippen molar-refractivity contribution in [1.29, 1.82) is 0 Å². The molecule has 2 aromatic rings. The molecule has 1 amide bonds. The van der Waals surface area contributed by atoms with E-state index in [1.54, 1.807) is 11.8 Å². The van der Waals surface area contributed by atoms with Crippen LogP contribution in [0, 0.1) is 5.92 Å². The highest BCUT2D eigenvalue weighted by atomic mass is 32.2. The molecule has 4 nitrogen and oxygen atoms in total. The molecule has 1 saturated heterocycles. The van der Waals surface area contributed by atoms with Crippen LogP contribution in [0.15, 0.2) is 72.1 Å². The maximum Gasteiger partial charge on any atom is 0.238 e. The van der Waals surface area contributed by atoms with Crippen molar-refractivity contribution in [1.82, 2.24) is 4.90 Å². The smallest absolute Gasteiger partial charge is 0.238 e. The third-order valence-corrected chi connectivity index (χ3v) is 6.00. The summed E-state index contributed by atoms with van der Waals surface area (Å²) in [5.74, 6) is 1.61. The van der Waals surface area contributed by atoms with E-state index in [2.05, 4.69) is 41.1 Å². The Kier molecular flexibility index (Phi) is 7.10. The third kappa shape index (κ3) is 5.22. The Morgan fingerprint density at radius 3 is 2.67 bits per heavy atom. The van der Waals surface area contributed by atoms with Crippen LogP contribution in [-0.2, 0) is 4.79 Å². The fraction of sp³-hybridized carbons (Fsp3) is 0.318. The number of likely N-dealkylation sites (tertiary alicyclic amines) is 1. The van der Waals surface area contributed by atoms with Crippen molar-refractivity contribution in [2.45, 2.75) is 10.8 Å². The maximum atomic E-state index is 12.6. The lowest BCUT2D eigenvalue weighted by Crippen LogP contribution is -2.32. The highest BCUT2D eigenvalue weighted by Crippen LogP contribution is 2.32. The van der Waals surface area contributed by atoms with Gasteiger partial charge in [0.2, 0.25) is 5.91 Å². The number of rotatable bonds is 8. The van der Waals surface area contributed by atoms with Crippen LogP contribution in [-0.4, -0.2) is 42.7 Å². The highest BCUT2D eigenvalue weighted by Gasteiger charge is 2.33. The van der Waals surface area contributed by atoms with Crippen molar-refractivity contribution in [3.05, 3.63) is 72.8 Å². The number of anilines is 1. The van der Waals surface area contributed by atoms with Gasteiger partial charge in [0.1, 0.15) is 0 Å². The van der Waals surface area contributed by atoms with Crippen LogP contribution in [0.1, 0.15) is 11.5 Å². The molecule has 1 fully saturated rings. The molecule has 0 bridgehead atoms. The quantitative estimate of drug-likeness (QED) is 0.542. The second-order valence-electron chi connectivity index (χ2n) is 6.85. The van der Waals surface area contributed by atoms with E-state index in [1.165, 1.54) is 5.56 Å². The summed E-state index contributed by atoms with van der Waals surface area (Å²) >= 11 is 1.67. The number of nitrogens with zero attached hydrogens (tertiary/aromatic N) is 1. The number of carbonyl (C=O) groups is 1. The lowest BCUT2D eigenvalue weighted by molar-refractivity contribution is -0.117. The molecule has 0 unspecified atom stereocenters. The van der Waals surface area contributed by atoms with E-state index in [0.29, 0.717) is 24.9 Å². The molecule has 1 aliphatic rings. The van der Waals surface area contributed by atoms with Crippen LogP contribution < -0.4 is 11.1 Å². The van der Waals surface area contributed by atoms with Gasteiger partial charge in [-0.15, -0.1) is 18.3 Å². The first kappa shape index (κ1) is 19.7. The van der Waals surface area contributed by atoms with Crippen LogP contribution in [0.3, 0.4) is 0 Å². The molecule has 5 heteroatoms. The van der Waals surface area contributed by atoms with Crippen molar-refractivity contribution in [3.63, 3.8) is 0 Å². The van der Waals surface area contributed by atoms with Crippen LogP contribution in [0.25, 0.3) is 0 Å². The molecule has 0 aromatic heterocycles. The van der Waals surface area contributed by atoms with Crippen molar-refractivity contribution in [3.8, 4) is 0 Å². The molecule has 3 rings (SSSR count). The van der Waals surface area contributed by atoms with E-state index < -0.39 is 0 Å². The Morgan fingerprint density at radius 2 is 1.93 bits per heavy atom. The van der Waals surface area contributed by atoms with E-state index in [4.69, 9.17) is 5.73 Å². The molecule has 2 aromatic carbocycles. The SMILES string of the molecule is C=CCSc1ccccc1NC(=O)CN1C[C@@H](CN)[C@H](c2ccccc2)C1. The zero-order valence-electron chi connectivity index (χ0n) is 15.5. The van der Waals surface area contributed by atoms with E-state index in [-0.39, 0.29) is 5.91 Å². The van der Waals surface area contributed by atoms with E-state index in [1.807, 2.05) is 36.4 Å². The fourth-order valence-electron chi connectivity index (χ4n) is 3.64. The van der Waals surface area contributed by atoms with Crippen LogP contribution in [0.5, 0.6) is 0 Å². The molecule has 0 spiro atoms. The summed E-state index contributed by atoms with van der Waals surface area (Å²) in [6, 6.07) is 18.4. The number of hydrogen-bond acceptors (Lipinski definition) is 4. The van der Waals surface area contributed by atoms with Gasteiger partial charge < -0.3 is 11.1 Å². The fourth-order valence-corrected chi connectivity index (χ4v) is 4.39. The number of nitrogens with two attached hydrogens (primary N) is 1. The first-order valence-corrected chi connectivity index (χ1v) is 10.3. The number of carbonyl (C=O) groups excluding carboxylic acids is 1. The molecule has 27 heavy (non-hydrogen) atoms. The highest BCUT2D eigenvalue weighted by molar-refractivity contribution is 7.99. The third-order valence-electron chi connectivity index (χ3n) is 4.93. The molecule has 1 aliphatic heterocycles. The molecule has 0 radical (unpaired) electrons. The lowest BCUT2D eigenvalue weighted by Gasteiger charge is -2.17. The summed E-state index contributed by atoms with van der Waals surface area (Å²) in [6.07, 6.45) is 1.87. The monoisotopic (exact) mass is 381 g/mol. The predicted molar refractivity (Wildman–Crippen MR) is 114 cm³/mol. The van der Waals surface area contributed by atoms with Crippen LogP contribution in [0.2, 0.25) is 0 Å². The zero-order chi connectivity index (χ0) is 19.1. The molecule has 0 aliphatic carbocycles. The Hall–Kier alpha value is -2.08. The minimum absolute atomic E-state index is 0.0196. The van der Waals surface area contributed by atoms with Crippen molar-refractivity contribution >= 4 is 23.4 Å². The lowest BCUT2D eigenvalue weighted by atomic mass is 9.89. The summed E-state index contributed by atoms with van der Waals surface area (Å²) in [5.41, 5.74) is 8.18. The predicted octanol–water partition coefficient (Wildman–Crippen LogP) is 3.58. The summed E-state index contributed by atoms with van der Waals surface area (Å²) in [7, 11) is 0. The van der Waals surface area contributed by atoms with Crippen LogP contribution >= 0.6 is 11.8 Å². The summed E-state index contributed by atoms with van der Waals surface area (Å²) < 4.78 is 0. The standard InChI is InChI=1S/C22H27N3OS/c1-2-12-27-21-11-7-6-10-20(21)24-22(26)16-25-14-18(13-23)19(15-25)17-8-4-3-5-9-17/h2-11,18-19H,1,12-16,23H2,(H,24,26)/t18-,19+/m1/s1. The van der Waals surface area contributed by atoms with Gasteiger partial charge in [0, 0.05) is 29.7 Å². The Labute approximate surface area is 165 Å². The zero-order valence-corrected chi connectivity index (χ0v) is 16.3. The van der Waals surface area contributed by atoms with E-state index >= 15 is 0 Å². The molecular formula is C22H27N3OS. The minimum Gasteiger partial charge on any atom is -0.330 e. The molecule has 3 N–H and O–H groups in total. The largest absolute Gasteiger partial charge is 0.330 e. The topological polar surface area (TPSA) is 58.4 Å². The Bertz CT molecular complexity index is 765. The first-order chi connectivity index (χ1) is 13.2. The van der Waals surface area contributed by atoms with Crippen molar-refractivity contribution < 1.29 is 4.79 Å². The summed E-state index contributed by atoms with van der Waals surface area (Å²) in [6.45, 7) is 6.51. The van der Waals surface area contributed by atoms with Gasteiger partial charge in [-0.3, -0.25) is 9.69 Å². The molecular weight excluding hydrogens is 354 g/mol. The number of amides is 1. The molecule has 1 heterocycles. The van der Waals surface area contributed by atoms with Gasteiger partial charge in [0.15, 0.2) is 0 Å². The van der Waals surface area contributed by atoms with Gasteiger partial charge in [-0.25, -0.2) is 0 Å². The normalized spacial score (nSPS) is 19.7. The minimum atomic E-state index is 0.0196. The molecule has 2 atom stereocenters. The van der Waals surface area contributed by atoms with Gasteiger partial charge in [-0.05, 0) is 30.2 Å². The first-order valence-electron chi connectivity index (χ1n) is 9.31. The van der Waals surface area contributed by atoms with Gasteiger partial charge >= 0.3 is 0 Å². The number of nitrogens with one attached hydrogen (secondary N) is 1. The molecule has 0 saturated carbocycles. The Balaban J connectivity index is 1.61. The van der Waals surface area contributed by atoms with Gasteiger partial charge in [-0.2, -0.15) is 0 Å².